The summed E-state index contributed by atoms with van der Waals surface area (Å²) in [6, 6.07) is 23.4. The first kappa shape index (κ1) is 28.3. The average Bonchev–Trinajstić information content (AvgIpc) is 2.82. The fourth-order valence-corrected chi connectivity index (χ4v) is 3.54. The summed E-state index contributed by atoms with van der Waals surface area (Å²) < 4.78 is 0. The van der Waals surface area contributed by atoms with Crippen LogP contribution in [0, 0.1) is 39.8 Å². The van der Waals surface area contributed by atoms with Gasteiger partial charge in [-0.15, -0.1) is 69.8 Å². The largest absolute Gasteiger partial charge is 2.00 e. The van der Waals surface area contributed by atoms with Gasteiger partial charge in [0.05, 0.1) is 0 Å². The molecule has 0 amide bonds. The van der Waals surface area contributed by atoms with Crippen molar-refractivity contribution < 1.29 is 21.1 Å². The Labute approximate surface area is 225 Å². The van der Waals surface area contributed by atoms with Gasteiger partial charge in [-0.2, -0.15) is 0 Å². The quantitative estimate of drug-likeness (QED) is 0.239. The fraction of sp³-hybridized carbons (Fsp3) is 0.267. The molecule has 0 fully saturated rings. The van der Waals surface area contributed by atoms with E-state index in [0.717, 1.165) is 45.0 Å². The van der Waals surface area contributed by atoms with Crippen molar-refractivity contribution >= 4 is 11.4 Å². The minimum Gasteiger partial charge on any atom is -0.378 e. The average molecular weight is 646 g/mol. The Kier molecular flexibility index (Phi) is 10.2. The third-order valence-corrected chi connectivity index (χ3v) is 5.63. The van der Waals surface area contributed by atoms with E-state index in [1.54, 1.807) is 0 Å². The van der Waals surface area contributed by atoms with E-state index >= 15 is 0 Å². The predicted molar refractivity (Wildman–Crippen MR) is 145 cm³/mol. The smallest absolute Gasteiger partial charge is 0.378 e. The molecule has 4 nitrogen and oxygen atoms in total. The minimum atomic E-state index is 0. The first-order valence-corrected chi connectivity index (χ1v) is 11.4. The van der Waals surface area contributed by atoms with Gasteiger partial charge in [0.25, 0.3) is 0 Å². The van der Waals surface area contributed by atoms with E-state index in [2.05, 4.69) is 96.0 Å². The summed E-state index contributed by atoms with van der Waals surface area (Å²) in [4.78, 5) is 13.0. The predicted octanol–water partition coefficient (Wildman–Crippen LogP) is 6.46. The van der Waals surface area contributed by atoms with Crippen LogP contribution in [0.3, 0.4) is 0 Å². The van der Waals surface area contributed by atoms with Gasteiger partial charge in [0, 0.05) is 52.0 Å². The van der Waals surface area contributed by atoms with Crippen LogP contribution in [0.2, 0.25) is 0 Å². The van der Waals surface area contributed by atoms with E-state index in [1.165, 1.54) is 11.1 Å². The summed E-state index contributed by atoms with van der Waals surface area (Å²) in [5, 5.41) is 0. The van der Waals surface area contributed by atoms with E-state index in [9.17, 15) is 0 Å². The number of anilines is 2. The van der Waals surface area contributed by atoms with E-state index in [1.807, 2.05) is 52.7 Å². The zero-order valence-electron chi connectivity index (χ0n) is 21.9. The van der Waals surface area contributed by atoms with Crippen molar-refractivity contribution in [2.45, 2.75) is 27.7 Å². The van der Waals surface area contributed by atoms with Crippen molar-refractivity contribution in [3.05, 3.63) is 95.3 Å². The second kappa shape index (κ2) is 12.7. The van der Waals surface area contributed by atoms with Gasteiger partial charge in [0.15, 0.2) is 0 Å². The summed E-state index contributed by atoms with van der Waals surface area (Å²) in [6.07, 6.45) is 3.70. The van der Waals surface area contributed by atoms with Crippen LogP contribution in [-0.2, 0) is 21.1 Å². The van der Waals surface area contributed by atoms with Gasteiger partial charge in [-0.3, -0.25) is 0 Å². The summed E-state index contributed by atoms with van der Waals surface area (Å²) in [7, 11) is 8.13. The van der Waals surface area contributed by atoms with Crippen LogP contribution in [0.5, 0.6) is 0 Å². The maximum Gasteiger partial charge on any atom is 2.00 e. The molecule has 2 aromatic carbocycles. The topological polar surface area (TPSA) is 32.3 Å². The molecule has 0 saturated carbocycles. The Morgan fingerprint density at radius 3 is 1.29 bits per heavy atom. The Hall–Kier alpha value is -2.97. The monoisotopic (exact) mass is 645 g/mol. The molecule has 0 spiro atoms. The van der Waals surface area contributed by atoms with E-state index in [4.69, 9.17) is 0 Å². The molecule has 184 valence electrons. The van der Waals surface area contributed by atoms with Crippen LogP contribution in [-0.4, -0.2) is 38.2 Å². The molecular weight excluding hydrogens is 611 g/mol. The van der Waals surface area contributed by atoms with Gasteiger partial charge in [-0.1, -0.05) is 39.8 Å². The first-order valence-electron chi connectivity index (χ1n) is 11.4. The molecule has 0 aliphatic rings. The van der Waals surface area contributed by atoms with Gasteiger partial charge < -0.3 is 19.8 Å². The number of hydrogen-bond acceptors (Lipinski definition) is 4. The van der Waals surface area contributed by atoms with Crippen LogP contribution < -0.4 is 9.80 Å². The molecule has 0 aliphatic carbocycles. The molecule has 0 bridgehead atoms. The number of aromatic nitrogens is 2. The third kappa shape index (κ3) is 7.50. The summed E-state index contributed by atoms with van der Waals surface area (Å²) in [6.45, 7) is 8.29. The number of pyridine rings is 2. The van der Waals surface area contributed by atoms with Crippen LogP contribution >= 0.6 is 0 Å². The molecule has 0 saturated heterocycles. The SMILES string of the molecule is Cc1[c-]c(-c2cc(N(C)C)ccn2)c(C)cc1.Cc1[c-]c(-c2cc(N(C)C)ccn2)c(C)cc1.[Pt+2]. The molecule has 2 aromatic heterocycles. The zero-order valence-corrected chi connectivity index (χ0v) is 24.2. The van der Waals surface area contributed by atoms with Gasteiger partial charge >= 0.3 is 21.1 Å². The molecule has 4 rings (SSSR count). The summed E-state index contributed by atoms with van der Waals surface area (Å²) in [5.41, 5.74) is 11.2. The second-order valence-electron chi connectivity index (χ2n) is 8.99. The number of hydrogen-bond donors (Lipinski definition) is 0. The number of benzene rings is 2. The van der Waals surface area contributed by atoms with Crippen molar-refractivity contribution in [2.24, 2.45) is 0 Å². The minimum absolute atomic E-state index is 0. The molecule has 5 heteroatoms. The van der Waals surface area contributed by atoms with E-state index in [-0.39, 0.29) is 21.1 Å². The maximum atomic E-state index is 4.44. The Bertz CT molecular complexity index is 1170. The van der Waals surface area contributed by atoms with Crippen LogP contribution in [0.1, 0.15) is 22.3 Å². The van der Waals surface area contributed by atoms with Crippen molar-refractivity contribution in [2.75, 3.05) is 38.0 Å². The first-order chi connectivity index (χ1) is 16.2. The van der Waals surface area contributed by atoms with E-state index < -0.39 is 0 Å². The van der Waals surface area contributed by atoms with Gasteiger partial charge in [0.1, 0.15) is 0 Å². The molecule has 0 atom stereocenters. The van der Waals surface area contributed by atoms with Gasteiger partial charge in [-0.25, -0.2) is 0 Å². The molecule has 2 heterocycles. The molecule has 4 aromatic rings. The third-order valence-electron chi connectivity index (χ3n) is 5.63. The molecule has 35 heavy (non-hydrogen) atoms. The van der Waals surface area contributed by atoms with Gasteiger partial charge in [-0.05, 0) is 23.5 Å². The standard InChI is InChI=1S/2C15H17N2.Pt/c2*1-11-5-6-12(2)14(9-11)15-10-13(17(3)4)7-8-16-15;/h2*5-8,10H,1-4H3;/q2*-1;+2. The number of nitrogens with zero attached hydrogens (tertiary/aromatic N) is 4. The Balaban J connectivity index is 0.000000240. The number of rotatable bonds is 4. The molecule has 0 unspecified atom stereocenters. The van der Waals surface area contributed by atoms with Crippen molar-refractivity contribution in [1.82, 2.24) is 9.97 Å². The van der Waals surface area contributed by atoms with Crippen molar-refractivity contribution in [3.63, 3.8) is 0 Å². The van der Waals surface area contributed by atoms with Crippen molar-refractivity contribution in [1.29, 1.82) is 0 Å². The zero-order chi connectivity index (χ0) is 24.8. The van der Waals surface area contributed by atoms with Crippen LogP contribution in [0.4, 0.5) is 11.4 Å². The van der Waals surface area contributed by atoms with Crippen LogP contribution in [0.25, 0.3) is 22.5 Å². The summed E-state index contributed by atoms with van der Waals surface area (Å²) in [5.74, 6) is 0. The number of aryl methyl sites for hydroxylation is 4. The van der Waals surface area contributed by atoms with Crippen molar-refractivity contribution in [3.8, 4) is 22.5 Å². The Morgan fingerprint density at radius 1 is 0.571 bits per heavy atom. The second-order valence-corrected chi connectivity index (χ2v) is 8.99. The molecule has 0 aliphatic heterocycles. The fourth-order valence-electron chi connectivity index (χ4n) is 3.54. The summed E-state index contributed by atoms with van der Waals surface area (Å²) >= 11 is 0. The molecule has 0 radical (unpaired) electrons. The molecule has 0 N–H and O–H groups in total. The van der Waals surface area contributed by atoms with Crippen LogP contribution in [0.15, 0.2) is 60.9 Å². The molecular formula is C30H34N4Pt. The van der Waals surface area contributed by atoms with E-state index in [0.29, 0.717) is 0 Å². The maximum absolute atomic E-state index is 4.44. The van der Waals surface area contributed by atoms with Gasteiger partial charge in [0.2, 0.25) is 0 Å². The Morgan fingerprint density at radius 2 is 0.943 bits per heavy atom. The normalized spacial score (nSPS) is 10.1.